The van der Waals surface area contributed by atoms with Crippen LogP contribution >= 0.6 is 0 Å². The van der Waals surface area contributed by atoms with E-state index in [0.29, 0.717) is 12.3 Å². The molecule has 2 heterocycles. The average Bonchev–Trinajstić information content (AvgIpc) is 2.94. The maximum Gasteiger partial charge on any atom is 0.232 e. The predicted molar refractivity (Wildman–Crippen MR) is 94.6 cm³/mol. The molecule has 0 saturated heterocycles. The summed E-state index contributed by atoms with van der Waals surface area (Å²) >= 11 is 0. The quantitative estimate of drug-likeness (QED) is 0.856. The Balaban J connectivity index is 1.74. The molecule has 4 rings (SSSR count). The van der Waals surface area contributed by atoms with Gasteiger partial charge in [0.1, 0.15) is 5.75 Å². The number of phenolic OH excluding ortho intramolecular Hbond substituents is 1. The lowest BCUT2D eigenvalue weighted by Gasteiger charge is -2.35. The van der Waals surface area contributed by atoms with Crippen LogP contribution in [0.15, 0.2) is 40.1 Å². The molecule has 5 nitrogen and oxygen atoms in total. The lowest BCUT2D eigenvalue weighted by molar-refractivity contribution is -0.116. The average molecular weight is 338 g/mol. The van der Waals surface area contributed by atoms with Gasteiger partial charge in [0.15, 0.2) is 5.78 Å². The first-order chi connectivity index (χ1) is 12.0. The zero-order chi connectivity index (χ0) is 17.7. The van der Waals surface area contributed by atoms with E-state index in [4.69, 9.17) is 4.52 Å². The highest BCUT2D eigenvalue weighted by Gasteiger charge is 2.41. The number of rotatable bonds is 2. The third kappa shape index (κ3) is 2.54. The van der Waals surface area contributed by atoms with Crippen molar-refractivity contribution in [3.8, 4) is 5.75 Å². The van der Waals surface area contributed by atoms with Crippen LogP contribution in [-0.4, -0.2) is 16.0 Å². The van der Waals surface area contributed by atoms with Crippen LogP contribution in [0, 0.1) is 12.8 Å². The molecule has 25 heavy (non-hydrogen) atoms. The summed E-state index contributed by atoms with van der Waals surface area (Å²) < 4.78 is 5.47. The molecule has 1 aliphatic heterocycles. The molecule has 0 spiro atoms. The van der Waals surface area contributed by atoms with E-state index in [9.17, 15) is 9.90 Å². The van der Waals surface area contributed by atoms with Gasteiger partial charge in [-0.25, -0.2) is 0 Å². The Bertz CT molecular complexity index is 862. The molecule has 0 fully saturated rings. The van der Waals surface area contributed by atoms with Crippen molar-refractivity contribution in [3.05, 3.63) is 52.4 Å². The lowest BCUT2D eigenvalue weighted by Crippen LogP contribution is -2.31. The van der Waals surface area contributed by atoms with E-state index < -0.39 is 0 Å². The second-order valence-electron chi connectivity index (χ2n) is 7.37. The van der Waals surface area contributed by atoms with Crippen LogP contribution in [0.2, 0.25) is 0 Å². The molecule has 0 saturated carbocycles. The standard InChI is InChI=1S/C20H22N2O3/c1-10(2)17-18-11(3)22-25-20(18)21-15-8-13(9-16(24)19(15)17)12-4-6-14(23)7-5-12/h4-7,10,13,17,21,23H,8-9H2,1-3H3/t13-,17-/m1/s1. The second-order valence-corrected chi connectivity index (χ2v) is 7.37. The largest absolute Gasteiger partial charge is 0.508 e. The molecule has 1 aliphatic carbocycles. The van der Waals surface area contributed by atoms with Crippen molar-refractivity contribution < 1.29 is 14.4 Å². The number of carbonyl (C=O) groups excluding carboxylic acids is 1. The number of ketones is 1. The first kappa shape index (κ1) is 15.9. The normalized spacial score (nSPS) is 22.6. The Labute approximate surface area is 146 Å². The van der Waals surface area contributed by atoms with E-state index in [-0.39, 0.29) is 29.3 Å². The molecule has 1 aromatic carbocycles. The third-order valence-electron chi connectivity index (χ3n) is 5.33. The SMILES string of the molecule is Cc1noc2c1[C@@H](C(C)C)C1=C(C[C@@H](c3ccc(O)cc3)CC1=O)N2. The van der Waals surface area contributed by atoms with Crippen molar-refractivity contribution in [2.24, 2.45) is 5.92 Å². The van der Waals surface area contributed by atoms with Gasteiger partial charge in [-0.15, -0.1) is 0 Å². The number of hydrogen-bond donors (Lipinski definition) is 2. The number of allylic oxidation sites excluding steroid dienone is 2. The highest BCUT2D eigenvalue weighted by Crippen LogP contribution is 2.49. The van der Waals surface area contributed by atoms with E-state index in [0.717, 1.165) is 34.5 Å². The number of fused-ring (bicyclic) bond motifs is 1. The number of Topliss-reactive ketones (excluding diaryl/α,β-unsaturated/α-hetero) is 1. The number of aromatic nitrogens is 1. The summed E-state index contributed by atoms with van der Waals surface area (Å²) in [5.74, 6) is 1.54. The summed E-state index contributed by atoms with van der Waals surface area (Å²) in [4.78, 5) is 13.0. The molecular weight excluding hydrogens is 316 g/mol. The van der Waals surface area contributed by atoms with E-state index in [2.05, 4.69) is 24.3 Å². The number of hydrogen-bond acceptors (Lipinski definition) is 5. The summed E-state index contributed by atoms with van der Waals surface area (Å²) in [5, 5.41) is 16.9. The Morgan fingerprint density at radius 2 is 1.96 bits per heavy atom. The maximum absolute atomic E-state index is 13.0. The zero-order valence-electron chi connectivity index (χ0n) is 14.7. The molecule has 0 amide bonds. The Morgan fingerprint density at radius 1 is 1.24 bits per heavy atom. The second kappa shape index (κ2) is 5.76. The fourth-order valence-corrected chi connectivity index (χ4v) is 4.17. The van der Waals surface area contributed by atoms with Crippen molar-refractivity contribution in [3.63, 3.8) is 0 Å². The number of benzene rings is 1. The number of nitrogens with one attached hydrogen (secondary N) is 1. The molecule has 2 aromatic rings. The van der Waals surface area contributed by atoms with Gasteiger partial charge in [0.25, 0.3) is 0 Å². The predicted octanol–water partition coefficient (Wildman–Crippen LogP) is 4.25. The Morgan fingerprint density at radius 3 is 2.64 bits per heavy atom. The minimum Gasteiger partial charge on any atom is -0.508 e. The van der Waals surface area contributed by atoms with Gasteiger partial charge >= 0.3 is 0 Å². The third-order valence-corrected chi connectivity index (χ3v) is 5.33. The fourth-order valence-electron chi connectivity index (χ4n) is 4.17. The highest BCUT2D eigenvalue weighted by molar-refractivity contribution is 6.00. The first-order valence-corrected chi connectivity index (χ1v) is 8.74. The van der Waals surface area contributed by atoms with Crippen molar-refractivity contribution in [1.82, 2.24) is 5.16 Å². The Kier molecular flexibility index (Phi) is 3.67. The highest BCUT2D eigenvalue weighted by atomic mass is 16.5. The van der Waals surface area contributed by atoms with Crippen LogP contribution in [-0.2, 0) is 4.79 Å². The van der Waals surface area contributed by atoms with Crippen LogP contribution in [0.25, 0.3) is 0 Å². The summed E-state index contributed by atoms with van der Waals surface area (Å²) in [6.45, 7) is 6.20. The number of phenols is 1. The van der Waals surface area contributed by atoms with Crippen molar-refractivity contribution >= 4 is 11.7 Å². The van der Waals surface area contributed by atoms with Gasteiger partial charge in [-0.1, -0.05) is 31.1 Å². The van der Waals surface area contributed by atoms with Gasteiger partial charge in [0.05, 0.1) is 5.69 Å². The maximum atomic E-state index is 13.0. The lowest BCUT2D eigenvalue weighted by atomic mass is 9.71. The molecule has 130 valence electrons. The molecule has 2 atom stereocenters. The zero-order valence-corrected chi connectivity index (χ0v) is 14.7. The van der Waals surface area contributed by atoms with E-state index in [1.54, 1.807) is 12.1 Å². The molecule has 0 unspecified atom stereocenters. The first-order valence-electron chi connectivity index (χ1n) is 8.74. The number of anilines is 1. The van der Waals surface area contributed by atoms with E-state index in [1.165, 1.54) is 0 Å². The topological polar surface area (TPSA) is 75.4 Å². The summed E-state index contributed by atoms with van der Waals surface area (Å²) in [7, 11) is 0. The van der Waals surface area contributed by atoms with Gasteiger partial charge in [0.2, 0.25) is 5.88 Å². The van der Waals surface area contributed by atoms with Crippen molar-refractivity contribution in [2.45, 2.75) is 45.4 Å². The van der Waals surface area contributed by atoms with E-state index in [1.807, 2.05) is 19.1 Å². The van der Waals surface area contributed by atoms with Crippen LogP contribution in [0.5, 0.6) is 5.75 Å². The van der Waals surface area contributed by atoms with Crippen LogP contribution in [0.4, 0.5) is 5.88 Å². The fraction of sp³-hybridized carbons (Fsp3) is 0.400. The van der Waals surface area contributed by atoms with Crippen LogP contribution < -0.4 is 5.32 Å². The Hall–Kier alpha value is -2.56. The summed E-state index contributed by atoms with van der Waals surface area (Å²) in [5.41, 5.74) is 4.78. The summed E-state index contributed by atoms with van der Waals surface area (Å²) in [6, 6.07) is 7.14. The molecule has 0 radical (unpaired) electrons. The molecular formula is C20H22N2O3. The van der Waals surface area contributed by atoms with Gasteiger partial charge < -0.3 is 14.9 Å². The number of aryl methyl sites for hydroxylation is 1. The molecule has 5 heteroatoms. The van der Waals surface area contributed by atoms with Crippen LogP contribution in [0.3, 0.4) is 0 Å². The van der Waals surface area contributed by atoms with Gasteiger partial charge in [-0.2, -0.15) is 0 Å². The number of carbonyl (C=O) groups is 1. The number of aromatic hydroxyl groups is 1. The minimum atomic E-state index is 0.0331. The van der Waals surface area contributed by atoms with Crippen LogP contribution in [0.1, 0.15) is 55.3 Å². The molecule has 1 aromatic heterocycles. The van der Waals surface area contributed by atoms with E-state index >= 15 is 0 Å². The van der Waals surface area contributed by atoms with Gasteiger partial charge in [0, 0.05) is 29.2 Å². The van der Waals surface area contributed by atoms with Gasteiger partial charge in [-0.3, -0.25) is 4.79 Å². The number of nitrogens with zero attached hydrogens (tertiary/aromatic N) is 1. The molecule has 2 aliphatic rings. The minimum absolute atomic E-state index is 0.0331. The van der Waals surface area contributed by atoms with Crippen molar-refractivity contribution in [2.75, 3.05) is 5.32 Å². The van der Waals surface area contributed by atoms with Crippen molar-refractivity contribution in [1.29, 1.82) is 0 Å². The molecule has 2 N–H and O–H groups in total. The monoisotopic (exact) mass is 338 g/mol. The smallest absolute Gasteiger partial charge is 0.232 e. The summed E-state index contributed by atoms with van der Waals surface area (Å²) in [6.07, 6.45) is 1.25. The molecule has 0 bridgehead atoms. The van der Waals surface area contributed by atoms with Gasteiger partial charge in [-0.05, 0) is 42.9 Å².